The molecule has 0 radical (unpaired) electrons. The molecule has 2 rings (SSSR count). The van der Waals surface area contributed by atoms with E-state index in [4.69, 9.17) is 10.5 Å². The molecule has 1 aliphatic rings. The molecule has 5 nitrogen and oxygen atoms in total. The molecule has 1 aromatic carbocycles. The maximum Gasteiger partial charge on any atom is 0.260 e. The van der Waals surface area contributed by atoms with Crippen LogP contribution in [0.15, 0.2) is 24.3 Å². The zero-order valence-corrected chi connectivity index (χ0v) is 13.4. The third-order valence-corrected chi connectivity index (χ3v) is 4.06. The number of hydrogen-bond acceptors (Lipinski definition) is 4. The van der Waals surface area contributed by atoms with E-state index in [1.165, 1.54) is 0 Å². The van der Waals surface area contributed by atoms with E-state index >= 15 is 0 Å². The van der Waals surface area contributed by atoms with Crippen molar-refractivity contribution in [3.8, 4) is 5.75 Å². The Morgan fingerprint density at radius 2 is 2.00 bits per heavy atom. The molecule has 1 heterocycles. The normalized spacial score (nSPS) is 15.6. The summed E-state index contributed by atoms with van der Waals surface area (Å²) in [6.45, 7) is 5.62. The molecule has 0 aromatic heterocycles. The summed E-state index contributed by atoms with van der Waals surface area (Å²) in [5, 5.41) is 3.28. The van der Waals surface area contributed by atoms with E-state index in [0.717, 1.165) is 56.3 Å². The van der Waals surface area contributed by atoms with Crippen molar-refractivity contribution in [2.75, 3.05) is 38.1 Å². The second kappa shape index (κ2) is 8.63. The van der Waals surface area contributed by atoms with Gasteiger partial charge in [-0.25, -0.2) is 0 Å². The van der Waals surface area contributed by atoms with Crippen LogP contribution in [0.4, 0.5) is 5.69 Å². The Balaban J connectivity index is 1.73. The van der Waals surface area contributed by atoms with Gasteiger partial charge in [0.05, 0.1) is 0 Å². The van der Waals surface area contributed by atoms with Crippen LogP contribution in [0.25, 0.3) is 0 Å². The second-order valence-corrected chi connectivity index (χ2v) is 5.95. The van der Waals surface area contributed by atoms with Gasteiger partial charge in [0.15, 0.2) is 6.61 Å². The number of hydrogen-bond donors (Lipinski definition) is 2. The number of nitrogens with two attached hydrogens (primary N) is 1. The Labute approximate surface area is 132 Å². The highest BCUT2D eigenvalue weighted by atomic mass is 16.5. The monoisotopic (exact) mass is 305 g/mol. The molecule has 3 N–H and O–H groups in total. The molecule has 5 heteroatoms. The fraction of sp³-hybridized carbons (Fsp3) is 0.588. The molecule has 122 valence electrons. The van der Waals surface area contributed by atoms with Crippen LogP contribution in [0.2, 0.25) is 0 Å². The van der Waals surface area contributed by atoms with Crippen molar-refractivity contribution < 1.29 is 9.53 Å². The predicted octanol–water partition coefficient (Wildman–Crippen LogP) is 2.08. The third-order valence-electron chi connectivity index (χ3n) is 4.06. The van der Waals surface area contributed by atoms with Crippen LogP contribution in [-0.2, 0) is 4.79 Å². The summed E-state index contributed by atoms with van der Waals surface area (Å²) in [5.74, 6) is 1.53. The van der Waals surface area contributed by atoms with Crippen LogP contribution in [0.1, 0.15) is 26.2 Å². The fourth-order valence-corrected chi connectivity index (χ4v) is 2.50. The Kier molecular flexibility index (Phi) is 6.52. The number of amides is 1. The van der Waals surface area contributed by atoms with Crippen LogP contribution >= 0.6 is 0 Å². The van der Waals surface area contributed by atoms with Gasteiger partial charge in [0.1, 0.15) is 5.75 Å². The zero-order chi connectivity index (χ0) is 15.8. The van der Waals surface area contributed by atoms with Crippen LogP contribution in [0.3, 0.4) is 0 Å². The van der Waals surface area contributed by atoms with Gasteiger partial charge in [0, 0.05) is 25.3 Å². The van der Waals surface area contributed by atoms with E-state index < -0.39 is 0 Å². The van der Waals surface area contributed by atoms with Gasteiger partial charge in [-0.1, -0.05) is 6.92 Å². The lowest BCUT2D eigenvalue weighted by Gasteiger charge is -2.30. The minimum absolute atomic E-state index is 0.0806. The number of nitrogens with one attached hydrogen (secondary N) is 1. The first kappa shape index (κ1) is 16.6. The van der Waals surface area contributed by atoms with Gasteiger partial charge in [-0.2, -0.15) is 0 Å². The molecule has 0 saturated carbocycles. The van der Waals surface area contributed by atoms with Gasteiger partial charge < -0.3 is 20.7 Å². The second-order valence-electron chi connectivity index (χ2n) is 5.95. The summed E-state index contributed by atoms with van der Waals surface area (Å²) in [7, 11) is 0. The van der Waals surface area contributed by atoms with Crippen molar-refractivity contribution in [3.05, 3.63) is 24.3 Å². The number of likely N-dealkylation sites (tertiary alicyclic amines) is 1. The van der Waals surface area contributed by atoms with Crippen molar-refractivity contribution >= 4 is 11.6 Å². The summed E-state index contributed by atoms with van der Waals surface area (Å²) in [4.78, 5) is 14.0. The first-order valence-corrected chi connectivity index (χ1v) is 8.13. The number of piperidine rings is 1. The van der Waals surface area contributed by atoms with Gasteiger partial charge in [-0.3, -0.25) is 4.79 Å². The molecule has 22 heavy (non-hydrogen) atoms. The van der Waals surface area contributed by atoms with Crippen LogP contribution in [-0.4, -0.2) is 43.6 Å². The SMILES string of the molecule is CC1CCN(C(=O)COc2ccc(NCCCN)cc2)CC1. The van der Waals surface area contributed by atoms with Crippen LogP contribution < -0.4 is 15.8 Å². The molecule has 0 bridgehead atoms. The van der Waals surface area contributed by atoms with Gasteiger partial charge in [-0.15, -0.1) is 0 Å². The number of carbonyl (C=O) groups is 1. The Morgan fingerprint density at radius 1 is 1.32 bits per heavy atom. The average Bonchev–Trinajstić information content (AvgIpc) is 2.55. The number of benzene rings is 1. The van der Waals surface area contributed by atoms with Gasteiger partial charge in [0.2, 0.25) is 0 Å². The smallest absolute Gasteiger partial charge is 0.260 e. The Hall–Kier alpha value is -1.75. The van der Waals surface area contributed by atoms with E-state index in [1.54, 1.807) is 0 Å². The molecule has 0 unspecified atom stereocenters. The molecule has 0 spiro atoms. The molecular weight excluding hydrogens is 278 g/mol. The zero-order valence-electron chi connectivity index (χ0n) is 13.4. The average molecular weight is 305 g/mol. The number of anilines is 1. The predicted molar refractivity (Wildman–Crippen MR) is 89.1 cm³/mol. The molecule has 1 fully saturated rings. The molecule has 1 aromatic rings. The van der Waals surface area contributed by atoms with Gasteiger partial charge in [-0.05, 0) is 56.0 Å². The van der Waals surface area contributed by atoms with Gasteiger partial charge >= 0.3 is 0 Å². The summed E-state index contributed by atoms with van der Waals surface area (Å²) in [6, 6.07) is 7.68. The van der Waals surface area contributed by atoms with E-state index in [1.807, 2.05) is 29.2 Å². The van der Waals surface area contributed by atoms with Crippen molar-refractivity contribution in [2.45, 2.75) is 26.2 Å². The van der Waals surface area contributed by atoms with Crippen molar-refractivity contribution in [1.29, 1.82) is 0 Å². The first-order chi connectivity index (χ1) is 10.7. The number of ether oxygens (including phenoxy) is 1. The van der Waals surface area contributed by atoms with E-state index in [0.29, 0.717) is 6.54 Å². The highest BCUT2D eigenvalue weighted by Crippen LogP contribution is 2.18. The largest absolute Gasteiger partial charge is 0.484 e. The van der Waals surface area contributed by atoms with Crippen molar-refractivity contribution in [1.82, 2.24) is 4.90 Å². The quantitative estimate of drug-likeness (QED) is 0.757. The highest BCUT2D eigenvalue weighted by molar-refractivity contribution is 5.77. The minimum atomic E-state index is 0.0806. The fourth-order valence-electron chi connectivity index (χ4n) is 2.50. The van der Waals surface area contributed by atoms with Crippen LogP contribution in [0.5, 0.6) is 5.75 Å². The maximum atomic E-state index is 12.1. The molecular formula is C17H27N3O2. The van der Waals surface area contributed by atoms with Gasteiger partial charge in [0.25, 0.3) is 5.91 Å². The number of nitrogens with zero attached hydrogens (tertiary/aromatic N) is 1. The standard InChI is InChI=1S/C17H27N3O2/c1-14-7-11-20(12-8-14)17(21)13-22-16-5-3-15(4-6-16)19-10-2-9-18/h3-6,14,19H,2,7-13,18H2,1H3. The summed E-state index contributed by atoms with van der Waals surface area (Å²) in [5.41, 5.74) is 6.50. The highest BCUT2D eigenvalue weighted by Gasteiger charge is 2.20. The lowest BCUT2D eigenvalue weighted by Crippen LogP contribution is -2.40. The Morgan fingerprint density at radius 3 is 2.64 bits per heavy atom. The lowest BCUT2D eigenvalue weighted by molar-refractivity contribution is -0.134. The summed E-state index contributed by atoms with van der Waals surface area (Å²) < 4.78 is 5.59. The molecule has 1 aliphatic heterocycles. The minimum Gasteiger partial charge on any atom is -0.484 e. The topological polar surface area (TPSA) is 67.6 Å². The maximum absolute atomic E-state index is 12.1. The van der Waals surface area contributed by atoms with Crippen molar-refractivity contribution in [2.24, 2.45) is 11.7 Å². The number of carbonyl (C=O) groups excluding carboxylic acids is 1. The molecule has 1 amide bonds. The lowest BCUT2D eigenvalue weighted by atomic mass is 9.99. The molecule has 0 aliphatic carbocycles. The summed E-state index contributed by atoms with van der Waals surface area (Å²) >= 11 is 0. The van der Waals surface area contributed by atoms with E-state index in [-0.39, 0.29) is 12.5 Å². The Bertz CT molecular complexity index is 453. The molecule has 1 saturated heterocycles. The van der Waals surface area contributed by atoms with Crippen LogP contribution in [0, 0.1) is 5.92 Å². The first-order valence-electron chi connectivity index (χ1n) is 8.13. The summed E-state index contributed by atoms with van der Waals surface area (Å²) in [6.07, 6.45) is 3.13. The molecule has 0 atom stereocenters. The van der Waals surface area contributed by atoms with E-state index in [2.05, 4.69) is 12.2 Å². The van der Waals surface area contributed by atoms with E-state index in [9.17, 15) is 4.79 Å². The van der Waals surface area contributed by atoms with Crippen molar-refractivity contribution in [3.63, 3.8) is 0 Å². The third kappa shape index (κ3) is 5.22. The number of rotatable bonds is 7.